The zero-order valence-corrected chi connectivity index (χ0v) is 82.4. The van der Waals surface area contributed by atoms with E-state index in [0.29, 0.717) is 13.2 Å². The summed E-state index contributed by atoms with van der Waals surface area (Å²) < 4.78 is 11.5. The number of rotatable bonds is 66. The molecule has 0 aliphatic carbocycles. The minimum Gasteiger partial charge on any atom is -0.462 e. The Labute approximate surface area is 755 Å². The standard InChI is InChI=1S/C104H148N2O4S8Si/c1-9-17-25-33-41-49-57-79-69-85(71-83(77-105)103(107)109-65-53-45-37-29-21-13-5)111-97(79)87-61-63-89(113-87)99-81(59-51-43-35-27-19-11-3)73-91(115-99)93-75-95-101(117-93)102-96(119(95,67-55-47-39-31-23-15-7)68-56-48-40-32-24-16-8)76-94(118-102)92-74-82(60-52-44-36-28-20-12-4)100(116-92)90-64-62-88(114-90)98-80(58-50-42-34-26-18-10-2)70-86(112-98)72-84(78-106)104(108)110-66-54-46-38-30-22-14-6/h61-64,69-76H,9-60,65-68H2,1-8H3. The fourth-order valence-corrected chi connectivity index (χ4v) is 34.3. The maximum Gasteiger partial charge on any atom is 0.348 e. The van der Waals surface area contributed by atoms with Crippen molar-refractivity contribution in [2.24, 2.45) is 0 Å². The number of aryl methyl sites for hydroxylation is 4. The van der Waals surface area contributed by atoms with E-state index in [1.807, 2.05) is 22.7 Å². The van der Waals surface area contributed by atoms with Crippen molar-refractivity contribution in [2.45, 2.75) is 401 Å². The van der Waals surface area contributed by atoms with Gasteiger partial charge in [-0.05, 0) is 182 Å². The van der Waals surface area contributed by atoms with Crippen molar-refractivity contribution in [3.05, 3.63) is 104 Å². The van der Waals surface area contributed by atoms with Crippen molar-refractivity contribution < 1.29 is 19.1 Å². The number of hydrogen-bond donors (Lipinski definition) is 0. The van der Waals surface area contributed by atoms with Gasteiger partial charge in [0.2, 0.25) is 0 Å². The molecule has 0 unspecified atom stereocenters. The summed E-state index contributed by atoms with van der Waals surface area (Å²) in [5.41, 5.74) is 5.82. The maximum atomic E-state index is 13.5. The van der Waals surface area contributed by atoms with Crippen molar-refractivity contribution in [3.8, 4) is 80.4 Å². The van der Waals surface area contributed by atoms with Crippen molar-refractivity contribution in [1.29, 1.82) is 10.5 Å². The molecule has 0 saturated heterocycles. The number of carbonyl (C=O) groups is 2. The Morgan fingerprint density at radius 3 is 0.824 bits per heavy atom. The van der Waals surface area contributed by atoms with Gasteiger partial charge in [-0.15, -0.1) is 90.7 Å². The molecule has 0 N–H and O–H groups in total. The molecule has 9 heterocycles. The van der Waals surface area contributed by atoms with Crippen LogP contribution in [-0.2, 0) is 44.7 Å². The lowest BCUT2D eigenvalue weighted by atomic mass is 10.0. The molecule has 8 aromatic rings. The fraction of sp³-hybridized carbons (Fsp3) is 0.615. The summed E-state index contributed by atoms with van der Waals surface area (Å²) in [6.45, 7) is 19.1. The zero-order valence-electron chi connectivity index (χ0n) is 74.8. The van der Waals surface area contributed by atoms with Crippen molar-refractivity contribution in [3.63, 3.8) is 0 Å². The van der Waals surface area contributed by atoms with E-state index >= 15 is 0 Å². The minimum atomic E-state index is -2.29. The van der Waals surface area contributed by atoms with Gasteiger partial charge in [0, 0.05) is 78.0 Å². The van der Waals surface area contributed by atoms with E-state index in [9.17, 15) is 20.1 Å². The molecule has 1 aliphatic heterocycles. The number of hydrogen-bond acceptors (Lipinski definition) is 14. The molecule has 0 atom stereocenters. The van der Waals surface area contributed by atoms with Gasteiger partial charge in [-0.2, -0.15) is 10.5 Å². The van der Waals surface area contributed by atoms with E-state index in [1.54, 1.807) is 55.0 Å². The molecule has 0 bridgehead atoms. The van der Waals surface area contributed by atoms with Gasteiger partial charge in [0.1, 0.15) is 31.4 Å². The van der Waals surface area contributed by atoms with Crippen LogP contribution in [0.3, 0.4) is 0 Å². The second kappa shape index (κ2) is 56.2. The van der Waals surface area contributed by atoms with E-state index in [2.05, 4.69) is 174 Å². The number of thiophene rings is 8. The molecule has 15 heteroatoms. The zero-order chi connectivity index (χ0) is 84.1. The third-order valence-electron chi connectivity index (χ3n) is 24.4. The number of esters is 2. The Morgan fingerprint density at radius 2 is 0.529 bits per heavy atom. The molecule has 0 amide bonds. The number of nitrogens with zero attached hydrogens (tertiary/aromatic N) is 2. The number of fused-ring (bicyclic) bond motifs is 3. The Hall–Kier alpha value is -4.78. The summed E-state index contributed by atoms with van der Waals surface area (Å²) >= 11 is 15.7. The molecule has 0 aromatic carbocycles. The summed E-state index contributed by atoms with van der Waals surface area (Å²) in [7, 11) is -2.29. The summed E-state index contributed by atoms with van der Waals surface area (Å²) in [4.78, 5) is 48.6. The van der Waals surface area contributed by atoms with Crippen LogP contribution in [0.4, 0.5) is 0 Å². The first kappa shape index (κ1) is 98.0. The molecule has 6 nitrogen and oxygen atoms in total. The highest BCUT2D eigenvalue weighted by Crippen LogP contribution is 2.54. The SMILES string of the molecule is CCCCCCCCOC(=O)C(C#N)=Cc1cc(CCCCCCCC)c(-c2ccc(-c3sc(-c4cc5c(s4)-c4sc(-c6cc(CCCCCCCC)c(-c7ccc(-c8sc(C=C(C#N)C(=O)OCCCCCCCC)cc8CCCCCCCC)s7)s6)cc4[Si]5(CCCCCCCC)CCCCCCCC)cc3CCCCCCCC)s2)s1. The van der Waals surface area contributed by atoms with Crippen LogP contribution in [-0.4, -0.2) is 33.2 Å². The Bertz CT molecular complexity index is 4110. The highest BCUT2D eigenvalue weighted by Gasteiger charge is 2.48. The van der Waals surface area contributed by atoms with Gasteiger partial charge in [0.15, 0.2) is 0 Å². The summed E-state index contributed by atoms with van der Waals surface area (Å²) in [5, 5.41) is 24.3. The quantitative estimate of drug-likeness (QED) is 0.0124. The van der Waals surface area contributed by atoms with Crippen LogP contribution in [0, 0.1) is 22.7 Å². The summed E-state index contributed by atoms with van der Waals surface area (Å²) in [6.07, 6.45) is 66.8. The van der Waals surface area contributed by atoms with E-state index in [-0.39, 0.29) is 11.1 Å². The third-order valence-corrected chi connectivity index (χ3v) is 40.3. The lowest BCUT2D eigenvalue weighted by molar-refractivity contribution is -0.139. The van der Waals surface area contributed by atoms with Crippen LogP contribution in [0.1, 0.15) is 396 Å². The van der Waals surface area contributed by atoms with E-state index < -0.39 is 20.0 Å². The number of nitriles is 2. The molecule has 9 rings (SSSR count). The Kier molecular flexibility index (Phi) is 46.3. The third kappa shape index (κ3) is 30.8. The highest BCUT2D eigenvalue weighted by atomic mass is 32.1. The molecule has 0 spiro atoms. The molecular weight excluding hydrogens is 1630 g/mol. The van der Waals surface area contributed by atoms with Gasteiger partial charge in [-0.3, -0.25) is 0 Å². The van der Waals surface area contributed by atoms with Crippen LogP contribution in [0.15, 0.2) is 71.8 Å². The highest BCUT2D eigenvalue weighted by molar-refractivity contribution is 7.35. The van der Waals surface area contributed by atoms with Gasteiger partial charge >= 0.3 is 11.9 Å². The van der Waals surface area contributed by atoms with E-state index in [1.165, 1.54) is 350 Å². The molecule has 119 heavy (non-hydrogen) atoms. The number of unbranched alkanes of at least 4 members (excludes halogenated alkanes) is 40. The first-order valence-electron chi connectivity index (χ1n) is 48.1. The second-order valence-corrected chi connectivity index (χ2v) is 47.1. The Morgan fingerprint density at radius 1 is 0.286 bits per heavy atom. The van der Waals surface area contributed by atoms with Crippen molar-refractivity contribution >= 4 is 133 Å². The van der Waals surface area contributed by atoms with Crippen LogP contribution >= 0.6 is 90.7 Å². The predicted octanol–water partition coefficient (Wildman–Crippen LogP) is 35.7. The molecule has 650 valence electrons. The lowest BCUT2D eigenvalue weighted by Gasteiger charge is -2.29. The van der Waals surface area contributed by atoms with Gasteiger partial charge in [-0.25, -0.2) is 9.59 Å². The molecule has 8 aromatic heterocycles. The molecule has 0 saturated carbocycles. The number of carbonyl (C=O) groups excluding carboxylic acids is 2. The molecule has 1 aliphatic rings. The topological polar surface area (TPSA) is 100 Å². The smallest absolute Gasteiger partial charge is 0.348 e. The average Bonchev–Trinajstić information content (AvgIpc) is 1.54. The summed E-state index contributed by atoms with van der Waals surface area (Å²) in [6, 6.07) is 32.1. The van der Waals surface area contributed by atoms with Crippen molar-refractivity contribution in [2.75, 3.05) is 13.2 Å². The number of ether oxygens (including phenoxy) is 2. The summed E-state index contributed by atoms with van der Waals surface area (Å²) in [5.74, 6) is -1.02. The van der Waals surface area contributed by atoms with Crippen LogP contribution < -0.4 is 10.4 Å². The first-order valence-corrected chi connectivity index (χ1v) is 57.0. The van der Waals surface area contributed by atoms with Crippen molar-refractivity contribution in [1.82, 2.24) is 0 Å². The van der Waals surface area contributed by atoms with Gasteiger partial charge in [0.25, 0.3) is 0 Å². The second-order valence-electron chi connectivity index (χ2n) is 34.3. The molecule has 0 radical (unpaired) electrons. The lowest BCUT2D eigenvalue weighted by Crippen LogP contribution is -2.54. The van der Waals surface area contributed by atoms with E-state index in [0.717, 1.165) is 86.8 Å². The van der Waals surface area contributed by atoms with Gasteiger partial charge in [-0.1, -0.05) is 325 Å². The van der Waals surface area contributed by atoms with Gasteiger partial charge in [0.05, 0.1) is 13.2 Å². The fourth-order valence-electron chi connectivity index (χ4n) is 17.4. The van der Waals surface area contributed by atoms with Crippen LogP contribution in [0.2, 0.25) is 12.1 Å². The predicted molar refractivity (Wildman–Crippen MR) is 533 cm³/mol. The molecule has 0 fully saturated rings. The normalized spacial score (nSPS) is 12.6. The van der Waals surface area contributed by atoms with Crippen LogP contribution in [0.25, 0.3) is 80.4 Å². The first-order chi connectivity index (χ1) is 58.5. The minimum absolute atomic E-state index is 0.0855. The molecular formula is C104H148N2O4S8Si. The largest absolute Gasteiger partial charge is 0.462 e. The van der Waals surface area contributed by atoms with Crippen LogP contribution in [0.5, 0.6) is 0 Å². The van der Waals surface area contributed by atoms with Gasteiger partial charge < -0.3 is 9.47 Å². The monoisotopic (exact) mass is 1770 g/mol. The van der Waals surface area contributed by atoms with E-state index in [4.69, 9.17) is 9.47 Å². The average molecular weight is 1770 g/mol. The maximum absolute atomic E-state index is 13.5. The Balaban J connectivity index is 1.10.